The molecule has 1 aliphatic carbocycles. The third kappa shape index (κ3) is 4.35. The maximum Gasteiger partial charge on any atom is 0.415 e. The van der Waals surface area contributed by atoms with Crippen molar-refractivity contribution in [2.75, 3.05) is 19.6 Å². The van der Waals surface area contributed by atoms with E-state index in [1.54, 1.807) is 11.8 Å². The number of aliphatic hydroxyl groups is 1. The van der Waals surface area contributed by atoms with Crippen molar-refractivity contribution in [1.82, 2.24) is 9.80 Å². The number of aliphatic hydroxyl groups excluding tert-OH is 1. The summed E-state index contributed by atoms with van der Waals surface area (Å²) in [4.78, 5) is 15.5. The predicted molar refractivity (Wildman–Crippen MR) is 76.3 cm³/mol. The molecule has 1 saturated heterocycles. The summed E-state index contributed by atoms with van der Waals surface area (Å²) in [5, 5.41) is 9.20. The molecule has 1 saturated carbocycles. The van der Waals surface area contributed by atoms with Gasteiger partial charge in [0.05, 0.1) is 0 Å². The third-order valence-electron chi connectivity index (χ3n) is 4.82. The number of hydrogen-bond donors (Lipinski definition) is 1. The number of carbonyl (C=O) groups excluding carboxylic acids is 1. The average Bonchev–Trinajstić information content (AvgIpc) is 2.57. The van der Waals surface area contributed by atoms with Gasteiger partial charge in [0.1, 0.15) is 0 Å². The fourth-order valence-electron chi connectivity index (χ4n) is 3.42. The van der Waals surface area contributed by atoms with Gasteiger partial charge in [0.25, 0.3) is 0 Å². The number of β-amino-alcohol motifs (C(OH)–C–C–N with tert-alkyl or cyclic N) is 1. The fourth-order valence-corrected chi connectivity index (χ4v) is 3.42. The first-order valence-corrected chi connectivity index (χ1v) is 8.05. The summed E-state index contributed by atoms with van der Waals surface area (Å²) in [7, 11) is 0. The molecule has 128 valence electrons. The smallest absolute Gasteiger partial charge is 0.382 e. The minimum absolute atomic E-state index is 0.0680. The molecular weight excluding hydrogens is 297 g/mol. The van der Waals surface area contributed by atoms with Crippen molar-refractivity contribution in [3.05, 3.63) is 0 Å². The van der Waals surface area contributed by atoms with Gasteiger partial charge in [0.15, 0.2) is 6.10 Å². The molecule has 0 bridgehead atoms. The molecule has 2 aliphatic rings. The summed E-state index contributed by atoms with van der Waals surface area (Å²) in [6, 6.07) is 0.436. The zero-order chi connectivity index (χ0) is 16.3. The second kappa shape index (κ2) is 7.17. The Morgan fingerprint density at radius 3 is 2.27 bits per heavy atom. The van der Waals surface area contributed by atoms with Crippen molar-refractivity contribution >= 4 is 5.91 Å². The minimum Gasteiger partial charge on any atom is -0.382 e. The van der Waals surface area contributed by atoms with Crippen LogP contribution in [-0.4, -0.2) is 64.8 Å². The highest BCUT2D eigenvalue weighted by Crippen LogP contribution is 2.30. The van der Waals surface area contributed by atoms with Crippen LogP contribution in [0.5, 0.6) is 0 Å². The zero-order valence-corrected chi connectivity index (χ0v) is 13.0. The normalized spacial score (nSPS) is 26.1. The molecule has 22 heavy (non-hydrogen) atoms. The third-order valence-corrected chi connectivity index (χ3v) is 4.82. The lowest BCUT2D eigenvalue weighted by atomic mass is 9.89. The summed E-state index contributed by atoms with van der Waals surface area (Å²) < 4.78 is 37.3. The maximum absolute atomic E-state index is 12.4. The van der Waals surface area contributed by atoms with Gasteiger partial charge in [-0.3, -0.25) is 4.79 Å². The highest BCUT2D eigenvalue weighted by Gasteiger charge is 2.40. The zero-order valence-electron chi connectivity index (χ0n) is 13.0. The van der Waals surface area contributed by atoms with Gasteiger partial charge < -0.3 is 14.9 Å². The first-order valence-electron chi connectivity index (χ1n) is 8.05. The second-order valence-corrected chi connectivity index (χ2v) is 6.45. The Morgan fingerprint density at radius 2 is 1.77 bits per heavy atom. The van der Waals surface area contributed by atoms with E-state index in [-0.39, 0.29) is 18.5 Å². The van der Waals surface area contributed by atoms with Gasteiger partial charge in [-0.05, 0) is 45.1 Å². The summed E-state index contributed by atoms with van der Waals surface area (Å²) in [5.41, 5.74) is 0. The predicted octanol–water partition coefficient (Wildman–Crippen LogP) is 2.17. The molecule has 0 aromatic heterocycles. The molecule has 4 nitrogen and oxygen atoms in total. The van der Waals surface area contributed by atoms with E-state index in [1.165, 1.54) is 0 Å². The first-order chi connectivity index (χ1) is 10.3. The Morgan fingerprint density at radius 1 is 1.18 bits per heavy atom. The molecule has 1 aliphatic heterocycles. The number of halogens is 3. The molecule has 2 fully saturated rings. The van der Waals surface area contributed by atoms with Crippen molar-refractivity contribution in [3.8, 4) is 0 Å². The number of carbonyl (C=O) groups is 1. The van der Waals surface area contributed by atoms with Gasteiger partial charge in [-0.1, -0.05) is 0 Å². The Balaban J connectivity index is 1.90. The van der Waals surface area contributed by atoms with E-state index in [0.29, 0.717) is 25.6 Å². The van der Waals surface area contributed by atoms with E-state index >= 15 is 0 Å². The second-order valence-electron chi connectivity index (χ2n) is 6.45. The van der Waals surface area contributed by atoms with Crippen LogP contribution in [0, 0.1) is 0 Å². The van der Waals surface area contributed by atoms with E-state index in [9.17, 15) is 23.1 Å². The topological polar surface area (TPSA) is 43.8 Å². The van der Waals surface area contributed by atoms with E-state index in [0.717, 1.165) is 32.1 Å². The van der Waals surface area contributed by atoms with Crippen LogP contribution in [0.1, 0.15) is 45.4 Å². The highest BCUT2D eigenvalue weighted by atomic mass is 19.4. The lowest BCUT2D eigenvalue weighted by Crippen LogP contribution is -2.49. The molecule has 0 spiro atoms. The monoisotopic (exact) mass is 322 g/mol. The molecule has 0 radical (unpaired) electrons. The van der Waals surface area contributed by atoms with Crippen LogP contribution in [-0.2, 0) is 4.79 Å². The largest absolute Gasteiger partial charge is 0.415 e. The van der Waals surface area contributed by atoms with Gasteiger partial charge in [0, 0.05) is 32.1 Å². The van der Waals surface area contributed by atoms with Crippen LogP contribution in [0.4, 0.5) is 13.2 Å². The maximum atomic E-state index is 12.4. The lowest BCUT2D eigenvalue weighted by Gasteiger charge is -2.42. The van der Waals surface area contributed by atoms with Gasteiger partial charge in [-0.25, -0.2) is 0 Å². The van der Waals surface area contributed by atoms with Crippen molar-refractivity contribution < 1.29 is 23.1 Å². The summed E-state index contributed by atoms with van der Waals surface area (Å²) in [6.07, 6.45) is -1.38. The van der Waals surface area contributed by atoms with Gasteiger partial charge >= 0.3 is 6.18 Å². The Kier molecular flexibility index (Phi) is 5.71. The van der Waals surface area contributed by atoms with Gasteiger partial charge in [-0.2, -0.15) is 13.2 Å². The van der Waals surface area contributed by atoms with Gasteiger partial charge in [-0.15, -0.1) is 0 Å². The molecule has 0 aromatic rings. The van der Waals surface area contributed by atoms with E-state index < -0.39 is 12.3 Å². The number of likely N-dealkylation sites (tertiary alicyclic amines) is 1. The van der Waals surface area contributed by atoms with Gasteiger partial charge in [0.2, 0.25) is 5.91 Å². The van der Waals surface area contributed by atoms with Crippen LogP contribution in [0.2, 0.25) is 0 Å². The highest BCUT2D eigenvalue weighted by molar-refractivity contribution is 5.74. The van der Waals surface area contributed by atoms with Crippen molar-refractivity contribution in [2.24, 2.45) is 0 Å². The number of amides is 1. The quantitative estimate of drug-likeness (QED) is 0.863. The number of nitrogens with zero attached hydrogens (tertiary/aromatic N) is 2. The molecule has 7 heteroatoms. The number of rotatable bonds is 4. The average molecular weight is 322 g/mol. The molecule has 0 unspecified atom stereocenters. The summed E-state index contributed by atoms with van der Waals surface area (Å²) in [6.45, 7) is 2.24. The number of alkyl halides is 3. The minimum atomic E-state index is -4.57. The molecular formula is C15H25F3N2O2. The van der Waals surface area contributed by atoms with Crippen molar-refractivity contribution in [3.63, 3.8) is 0 Å². The van der Waals surface area contributed by atoms with Crippen LogP contribution in [0.3, 0.4) is 0 Å². The van der Waals surface area contributed by atoms with Crippen LogP contribution >= 0.6 is 0 Å². The molecule has 1 amide bonds. The van der Waals surface area contributed by atoms with E-state index in [4.69, 9.17) is 0 Å². The lowest BCUT2D eigenvalue weighted by molar-refractivity contribution is -0.208. The summed E-state index contributed by atoms with van der Waals surface area (Å²) in [5.74, 6) is 0.0680. The van der Waals surface area contributed by atoms with Crippen LogP contribution < -0.4 is 0 Å². The van der Waals surface area contributed by atoms with E-state index in [1.807, 2.05) is 4.90 Å². The standard InChI is InChI=1S/C15H25F3N2O2/c1-11(21)20(12-4-2-5-12)13-6-3-8-19(9-7-13)10-14(22)15(16,17)18/h12-14,22H,2-10H2,1H3/t13-,14+/m1/s1. The van der Waals surface area contributed by atoms with Crippen molar-refractivity contribution in [2.45, 2.75) is 69.8 Å². The summed E-state index contributed by atoms with van der Waals surface area (Å²) >= 11 is 0. The first kappa shape index (κ1) is 17.5. The van der Waals surface area contributed by atoms with Crippen LogP contribution in [0.25, 0.3) is 0 Å². The fraction of sp³-hybridized carbons (Fsp3) is 0.933. The molecule has 2 atom stereocenters. The Hall–Kier alpha value is -0.820. The number of hydrogen-bond acceptors (Lipinski definition) is 3. The Bertz CT molecular complexity index is 385. The Labute approximate surface area is 129 Å². The molecule has 0 aromatic carbocycles. The van der Waals surface area contributed by atoms with Crippen molar-refractivity contribution in [1.29, 1.82) is 0 Å². The molecule has 2 rings (SSSR count). The van der Waals surface area contributed by atoms with Crippen LogP contribution in [0.15, 0.2) is 0 Å². The van der Waals surface area contributed by atoms with E-state index in [2.05, 4.69) is 0 Å². The molecule has 1 heterocycles. The SMILES string of the molecule is CC(=O)N(C1CCC1)[C@@H]1CCCN(C[C@H](O)C(F)(F)F)CC1. The molecule has 1 N–H and O–H groups in total.